The lowest BCUT2D eigenvalue weighted by atomic mass is 10.2. The van der Waals surface area contributed by atoms with Gasteiger partial charge in [-0.15, -0.1) is 5.10 Å². The van der Waals surface area contributed by atoms with E-state index in [1.165, 1.54) is 16.8 Å². The number of hydrogen-bond donors (Lipinski definition) is 1. The first kappa shape index (κ1) is 15.2. The van der Waals surface area contributed by atoms with E-state index in [4.69, 9.17) is 5.73 Å². The Morgan fingerprint density at radius 2 is 2.00 bits per heavy atom. The Morgan fingerprint density at radius 3 is 2.67 bits per heavy atom. The average molecular weight is 305 g/mol. The first-order valence-electron chi connectivity index (χ1n) is 5.82. The normalized spacial score (nSPS) is 11.8. The molecule has 0 saturated heterocycles. The van der Waals surface area contributed by atoms with Gasteiger partial charge in [0.25, 0.3) is 0 Å². The number of alkyl halides is 3. The number of rotatable bonds is 5. The molecule has 0 bridgehead atoms. The van der Waals surface area contributed by atoms with Crippen molar-refractivity contribution in [1.82, 2.24) is 20.2 Å². The van der Waals surface area contributed by atoms with E-state index < -0.39 is 18.6 Å². The van der Waals surface area contributed by atoms with E-state index in [0.29, 0.717) is 5.56 Å². The summed E-state index contributed by atoms with van der Waals surface area (Å²) in [4.78, 5) is 0. The molecule has 0 spiro atoms. The summed E-state index contributed by atoms with van der Waals surface area (Å²) < 4.78 is 54.7. The third kappa shape index (κ3) is 4.38. The second kappa shape index (κ2) is 6.04. The van der Waals surface area contributed by atoms with E-state index in [9.17, 15) is 17.6 Å². The van der Waals surface area contributed by atoms with E-state index in [2.05, 4.69) is 20.3 Å². The van der Waals surface area contributed by atoms with Crippen molar-refractivity contribution in [2.24, 2.45) is 0 Å². The van der Waals surface area contributed by atoms with E-state index in [1.807, 2.05) is 0 Å². The third-order valence-corrected chi connectivity index (χ3v) is 2.42. The molecule has 0 saturated carbocycles. The lowest BCUT2D eigenvalue weighted by Crippen LogP contribution is -2.19. The molecule has 0 aliphatic carbocycles. The Hall–Kier alpha value is -2.23. The third-order valence-electron chi connectivity index (χ3n) is 2.42. The molecular weight excluding hydrogens is 294 g/mol. The summed E-state index contributed by atoms with van der Waals surface area (Å²) in [5.41, 5.74) is 6.03. The Kier molecular flexibility index (Phi) is 4.36. The largest absolute Gasteiger partial charge is 0.411 e. The molecular formula is C11H11F4N5O. The minimum atomic E-state index is -4.39. The van der Waals surface area contributed by atoms with Crippen LogP contribution in [0.2, 0.25) is 0 Å². The van der Waals surface area contributed by atoms with Gasteiger partial charge in [-0.2, -0.15) is 13.2 Å². The highest BCUT2D eigenvalue weighted by atomic mass is 19.4. The van der Waals surface area contributed by atoms with Crippen LogP contribution in [0.3, 0.4) is 0 Å². The van der Waals surface area contributed by atoms with Crippen LogP contribution < -0.4 is 5.73 Å². The van der Waals surface area contributed by atoms with Crippen molar-refractivity contribution in [3.05, 3.63) is 24.0 Å². The second-order valence-electron chi connectivity index (χ2n) is 4.17. The molecule has 1 aromatic carbocycles. The number of tetrazole rings is 1. The van der Waals surface area contributed by atoms with Crippen LogP contribution in [0.25, 0.3) is 11.4 Å². The molecule has 6 nitrogen and oxygen atoms in total. The number of nitrogens with two attached hydrogens (primary N) is 1. The Labute approximate surface area is 116 Å². The van der Waals surface area contributed by atoms with E-state index in [1.54, 1.807) is 0 Å². The molecule has 2 rings (SSSR count). The van der Waals surface area contributed by atoms with Gasteiger partial charge in [-0.3, -0.25) is 0 Å². The number of nitrogen functional groups attached to an aromatic ring is 1. The topological polar surface area (TPSA) is 78.9 Å². The first-order chi connectivity index (χ1) is 9.85. The van der Waals surface area contributed by atoms with Gasteiger partial charge in [0.2, 0.25) is 0 Å². The van der Waals surface area contributed by atoms with E-state index in [-0.39, 0.29) is 24.7 Å². The lowest BCUT2D eigenvalue weighted by molar-refractivity contribution is -0.174. The van der Waals surface area contributed by atoms with Gasteiger partial charge in [0.05, 0.1) is 13.2 Å². The van der Waals surface area contributed by atoms with E-state index in [0.717, 1.165) is 6.07 Å². The number of halogens is 4. The molecule has 1 heterocycles. The molecule has 0 aliphatic heterocycles. The van der Waals surface area contributed by atoms with Gasteiger partial charge in [-0.25, -0.2) is 9.07 Å². The quantitative estimate of drug-likeness (QED) is 0.516. The van der Waals surface area contributed by atoms with Crippen molar-refractivity contribution < 1.29 is 22.3 Å². The minimum Gasteiger partial charge on any atom is -0.399 e. The summed E-state index contributed by atoms with van der Waals surface area (Å²) >= 11 is 0. The summed E-state index contributed by atoms with van der Waals surface area (Å²) in [6, 6.07) is 3.76. The number of hydrogen-bond acceptors (Lipinski definition) is 5. The van der Waals surface area contributed by atoms with Crippen LogP contribution in [0, 0.1) is 5.82 Å². The molecule has 21 heavy (non-hydrogen) atoms. The summed E-state index contributed by atoms with van der Waals surface area (Å²) in [7, 11) is 0. The van der Waals surface area contributed by atoms with Crippen LogP contribution >= 0.6 is 0 Å². The summed E-state index contributed by atoms with van der Waals surface area (Å²) in [5, 5.41) is 10.7. The monoisotopic (exact) mass is 305 g/mol. The molecule has 0 aliphatic rings. The maximum atomic E-state index is 13.3. The van der Waals surface area contributed by atoms with Crippen LogP contribution in [0.15, 0.2) is 18.2 Å². The highest BCUT2D eigenvalue weighted by Gasteiger charge is 2.27. The lowest BCUT2D eigenvalue weighted by Gasteiger charge is -2.08. The molecule has 0 unspecified atom stereocenters. The van der Waals surface area contributed by atoms with Gasteiger partial charge in [-0.05, 0) is 28.6 Å². The molecule has 10 heteroatoms. The predicted octanol–water partition coefficient (Wildman–Crippen LogP) is 1.64. The van der Waals surface area contributed by atoms with E-state index >= 15 is 0 Å². The van der Waals surface area contributed by atoms with Gasteiger partial charge in [-0.1, -0.05) is 0 Å². The fourth-order valence-corrected chi connectivity index (χ4v) is 1.64. The Bertz CT molecular complexity index is 593. The van der Waals surface area contributed by atoms with Crippen molar-refractivity contribution in [3.63, 3.8) is 0 Å². The standard InChI is InChI=1S/C11H11F4N5O/c12-8-3-7(4-9(16)5-8)10-17-18-19-20(10)1-2-21-6-11(13,14)15/h3-5H,1-2,6,16H2. The Balaban J connectivity index is 2.05. The van der Waals surface area contributed by atoms with Gasteiger partial charge in [0.15, 0.2) is 5.82 Å². The van der Waals surface area contributed by atoms with Crippen LogP contribution in [0.5, 0.6) is 0 Å². The SMILES string of the molecule is Nc1cc(F)cc(-c2nnnn2CCOCC(F)(F)F)c1. The van der Waals surface area contributed by atoms with Crippen LogP contribution in [0.4, 0.5) is 23.2 Å². The molecule has 114 valence electrons. The predicted molar refractivity (Wildman–Crippen MR) is 64.5 cm³/mol. The zero-order chi connectivity index (χ0) is 15.5. The highest BCUT2D eigenvalue weighted by molar-refractivity contribution is 5.61. The zero-order valence-electron chi connectivity index (χ0n) is 10.6. The minimum absolute atomic E-state index is 0.00513. The van der Waals surface area contributed by atoms with Gasteiger partial charge >= 0.3 is 6.18 Å². The molecule has 2 N–H and O–H groups in total. The number of nitrogens with zero attached hydrogens (tertiary/aromatic N) is 4. The maximum Gasteiger partial charge on any atom is 0.411 e. The highest BCUT2D eigenvalue weighted by Crippen LogP contribution is 2.20. The smallest absolute Gasteiger partial charge is 0.399 e. The maximum absolute atomic E-state index is 13.3. The van der Waals surface area contributed by atoms with Crippen molar-refractivity contribution in [1.29, 1.82) is 0 Å². The fraction of sp³-hybridized carbons (Fsp3) is 0.364. The molecule has 0 radical (unpaired) electrons. The number of ether oxygens (including phenoxy) is 1. The molecule has 1 aromatic heterocycles. The van der Waals surface area contributed by atoms with Crippen molar-refractivity contribution in [3.8, 4) is 11.4 Å². The van der Waals surface area contributed by atoms with Crippen LogP contribution in [0.1, 0.15) is 0 Å². The number of aromatic nitrogens is 4. The first-order valence-corrected chi connectivity index (χ1v) is 5.82. The Morgan fingerprint density at radius 1 is 1.24 bits per heavy atom. The molecule has 0 amide bonds. The summed E-state index contributed by atoms with van der Waals surface area (Å²) in [6.45, 7) is -1.59. The van der Waals surface area contributed by atoms with Gasteiger partial charge in [0, 0.05) is 11.3 Å². The summed E-state index contributed by atoms with van der Waals surface area (Å²) in [5.74, 6) is -0.371. The molecule has 0 atom stereocenters. The van der Waals surface area contributed by atoms with Crippen molar-refractivity contribution >= 4 is 5.69 Å². The average Bonchev–Trinajstić information content (AvgIpc) is 2.80. The van der Waals surface area contributed by atoms with Gasteiger partial charge in [0.1, 0.15) is 12.4 Å². The fourth-order valence-electron chi connectivity index (χ4n) is 1.64. The number of anilines is 1. The zero-order valence-corrected chi connectivity index (χ0v) is 10.6. The number of benzene rings is 1. The summed E-state index contributed by atoms with van der Waals surface area (Å²) in [6.07, 6.45) is -4.39. The van der Waals surface area contributed by atoms with Crippen LogP contribution in [-0.4, -0.2) is 39.6 Å². The molecule has 2 aromatic rings. The second-order valence-corrected chi connectivity index (χ2v) is 4.17. The van der Waals surface area contributed by atoms with Crippen molar-refractivity contribution in [2.45, 2.75) is 12.7 Å². The van der Waals surface area contributed by atoms with Gasteiger partial charge < -0.3 is 10.5 Å². The molecule has 0 fully saturated rings. The van der Waals surface area contributed by atoms with Crippen LogP contribution in [-0.2, 0) is 11.3 Å². The van der Waals surface area contributed by atoms with Crippen molar-refractivity contribution in [2.75, 3.05) is 18.9 Å².